The zero-order chi connectivity index (χ0) is 26.1. The van der Waals surface area contributed by atoms with Gasteiger partial charge < -0.3 is 24.8 Å². The number of anilines is 2. The number of carbonyl (C=O) groups excluding carboxylic acids is 2. The van der Waals surface area contributed by atoms with E-state index in [1.165, 1.54) is 12.1 Å². The molecule has 0 aliphatic carbocycles. The SMILES string of the molecule is O=C(Nc1cccc(C(F)(F)F)c1)N[C@H]1CO[C@H]2[C@@H]1OC[C@H]2OC(=O)Nc1cccc(C(F)(F)F)c1. The van der Waals surface area contributed by atoms with Crippen molar-refractivity contribution in [1.82, 2.24) is 5.32 Å². The molecule has 2 saturated heterocycles. The molecule has 0 unspecified atom stereocenters. The highest BCUT2D eigenvalue weighted by Crippen LogP contribution is 2.32. The number of alkyl halides is 6. The van der Waals surface area contributed by atoms with Crippen LogP contribution in [-0.2, 0) is 26.6 Å². The predicted octanol–water partition coefficient (Wildman–Crippen LogP) is 4.63. The fraction of sp³-hybridized carbons (Fsp3) is 0.364. The summed E-state index contributed by atoms with van der Waals surface area (Å²) in [7, 11) is 0. The minimum atomic E-state index is -4.58. The van der Waals surface area contributed by atoms with Crippen LogP contribution >= 0.6 is 0 Å². The van der Waals surface area contributed by atoms with Gasteiger partial charge in [0.25, 0.3) is 0 Å². The van der Waals surface area contributed by atoms with Crippen LogP contribution in [-0.4, -0.2) is 49.7 Å². The molecule has 2 fully saturated rings. The van der Waals surface area contributed by atoms with Gasteiger partial charge in [-0.25, -0.2) is 9.59 Å². The van der Waals surface area contributed by atoms with Crippen molar-refractivity contribution in [2.24, 2.45) is 0 Å². The number of fused-ring (bicyclic) bond motifs is 1. The first-order chi connectivity index (χ1) is 16.9. The Hall–Kier alpha value is -3.52. The van der Waals surface area contributed by atoms with Gasteiger partial charge in [-0.3, -0.25) is 5.32 Å². The minimum absolute atomic E-state index is 0.0273. The van der Waals surface area contributed by atoms with Gasteiger partial charge >= 0.3 is 24.5 Å². The van der Waals surface area contributed by atoms with Crippen LogP contribution in [0.3, 0.4) is 0 Å². The predicted molar refractivity (Wildman–Crippen MR) is 112 cm³/mol. The lowest BCUT2D eigenvalue weighted by Crippen LogP contribution is -2.46. The number of urea groups is 1. The first-order valence-corrected chi connectivity index (χ1v) is 10.5. The van der Waals surface area contributed by atoms with Gasteiger partial charge in [0.1, 0.15) is 12.2 Å². The summed E-state index contributed by atoms with van der Waals surface area (Å²) in [6.07, 6.45) is -12.6. The van der Waals surface area contributed by atoms with Gasteiger partial charge in [0, 0.05) is 11.4 Å². The Morgan fingerprint density at radius 2 is 1.36 bits per heavy atom. The highest BCUT2D eigenvalue weighted by Gasteiger charge is 2.50. The van der Waals surface area contributed by atoms with Gasteiger partial charge in [-0.15, -0.1) is 0 Å². The minimum Gasteiger partial charge on any atom is -0.441 e. The fourth-order valence-electron chi connectivity index (χ4n) is 3.86. The molecule has 0 radical (unpaired) electrons. The molecule has 2 aliphatic heterocycles. The summed E-state index contributed by atoms with van der Waals surface area (Å²) >= 11 is 0. The van der Waals surface area contributed by atoms with Crippen molar-refractivity contribution < 1.29 is 50.1 Å². The maximum Gasteiger partial charge on any atom is 0.416 e. The van der Waals surface area contributed by atoms with Gasteiger partial charge in [0.2, 0.25) is 0 Å². The average Bonchev–Trinajstić information content (AvgIpc) is 3.36. The molecule has 8 nitrogen and oxygen atoms in total. The standard InChI is InChI=1S/C22H19F6N3O5/c23-21(24,25)11-3-1-5-13(7-11)29-19(32)31-15-9-34-18-16(10-35-17(15)18)36-20(33)30-14-6-2-4-12(8-14)22(26,27)28/h1-8,15-18H,9-10H2,(H,30,33)(H2,29,31,32)/t15-,16+,17+,18+/m0/s1. The second-order valence-corrected chi connectivity index (χ2v) is 8.03. The molecule has 0 spiro atoms. The molecule has 36 heavy (non-hydrogen) atoms. The number of hydrogen-bond acceptors (Lipinski definition) is 5. The van der Waals surface area contributed by atoms with Crippen molar-refractivity contribution in [3.63, 3.8) is 0 Å². The van der Waals surface area contributed by atoms with E-state index < -0.39 is 60.0 Å². The molecule has 0 bridgehead atoms. The highest BCUT2D eigenvalue weighted by molar-refractivity contribution is 5.89. The molecule has 14 heteroatoms. The molecule has 4 atom stereocenters. The molecule has 3 amide bonds. The molecular formula is C22H19F6N3O5. The molecule has 194 valence electrons. The average molecular weight is 519 g/mol. The van der Waals surface area contributed by atoms with E-state index in [2.05, 4.69) is 16.0 Å². The van der Waals surface area contributed by atoms with Crippen LogP contribution in [0.2, 0.25) is 0 Å². The van der Waals surface area contributed by atoms with Crippen LogP contribution < -0.4 is 16.0 Å². The second-order valence-electron chi connectivity index (χ2n) is 8.03. The second kappa shape index (κ2) is 9.85. The van der Waals surface area contributed by atoms with E-state index in [4.69, 9.17) is 14.2 Å². The Morgan fingerprint density at radius 3 is 1.94 bits per heavy atom. The first-order valence-electron chi connectivity index (χ1n) is 10.5. The molecule has 2 aromatic rings. The summed E-state index contributed by atoms with van der Waals surface area (Å²) in [5, 5.41) is 7.07. The van der Waals surface area contributed by atoms with E-state index in [0.29, 0.717) is 0 Å². The quantitative estimate of drug-likeness (QED) is 0.512. The van der Waals surface area contributed by atoms with E-state index in [1.54, 1.807) is 0 Å². The summed E-state index contributed by atoms with van der Waals surface area (Å²) in [5.74, 6) is 0. The number of halogens is 6. The van der Waals surface area contributed by atoms with Crippen molar-refractivity contribution in [1.29, 1.82) is 0 Å². The lowest BCUT2D eigenvalue weighted by atomic mass is 10.1. The van der Waals surface area contributed by atoms with Crippen LogP contribution in [0.4, 0.5) is 47.3 Å². The van der Waals surface area contributed by atoms with E-state index in [-0.39, 0.29) is 24.6 Å². The van der Waals surface area contributed by atoms with Crippen LogP contribution in [0.1, 0.15) is 11.1 Å². The molecule has 2 aliphatic rings. The van der Waals surface area contributed by atoms with Crippen molar-refractivity contribution in [2.75, 3.05) is 23.8 Å². The zero-order valence-corrected chi connectivity index (χ0v) is 18.2. The number of rotatable bonds is 4. The Balaban J connectivity index is 1.29. The maximum absolute atomic E-state index is 12.8. The number of ether oxygens (including phenoxy) is 3. The molecule has 0 aromatic heterocycles. The number of carbonyl (C=O) groups is 2. The van der Waals surface area contributed by atoms with Crippen molar-refractivity contribution in [3.05, 3.63) is 59.7 Å². The molecule has 2 aromatic carbocycles. The molecular weight excluding hydrogens is 500 g/mol. The summed E-state index contributed by atoms with van der Waals surface area (Å²) in [6, 6.07) is 6.62. The molecule has 3 N–H and O–H groups in total. The summed E-state index contributed by atoms with van der Waals surface area (Å²) in [6.45, 7) is -0.126. The van der Waals surface area contributed by atoms with Gasteiger partial charge in [-0.2, -0.15) is 26.3 Å². The van der Waals surface area contributed by atoms with E-state index in [9.17, 15) is 35.9 Å². The smallest absolute Gasteiger partial charge is 0.416 e. The largest absolute Gasteiger partial charge is 0.441 e. The third-order valence-corrected chi connectivity index (χ3v) is 5.47. The molecule has 4 rings (SSSR count). The van der Waals surface area contributed by atoms with Crippen molar-refractivity contribution in [2.45, 2.75) is 36.7 Å². The van der Waals surface area contributed by atoms with E-state index >= 15 is 0 Å². The zero-order valence-electron chi connectivity index (χ0n) is 18.2. The summed E-state index contributed by atoms with van der Waals surface area (Å²) in [5.41, 5.74) is -2.06. The maximum atomic E-state index is 12.8. The fourth-order valence-corrected chi connectivity index (χ4v) is 3.86. The Morgan fingerprint density at radius 1 is 0.806 bits per heavy atom. The third-order valence-electron chi connectivity index (χ3n) is 5.47. The van der Waals surface area contributed by atoms with Crippen molar-refractivity contribution in [3.8, 4) is 0 Å². The van der Waals surface area contributed by atoms with Crippen LogP contribution in [0.5, 0.6) is 0 Å². The third kappa shape index (κ3) is 5.99. The van der Waals surface area contributed by atoms with Crippen LogP contribution in [0.25, 0.3) is 0 Å². The molecule has 2 heterocycles. The topological polar surface area (TPSA) is 97.9 Å². The van der Waals surface area contributed by atoms with Crippen LogP contribution in [0, 0.1) is 0 Å². The number of amides is 3. The lowest BCUT2D eigenvalue weighted by Gasteiger charge is -2.18. The monoisotopic (exact) mass is 519 g/mol. The Bertz CT molecular complexity index is 1040. The first kappa shape index (κ1) is 25.6. The van der Waals surface area contributed by atoms with Gasteiger partial charge in [0.05, 0.1) is 30.4 Å². The number of nitrogens with one attached hydrogen (secondary N) is 3. The van der Waals surface area contributed by atoms with Crippen molar-refractivity contribution >= 4 is 23.5 Å². The van der Waals surface area contributed by atoms with E-state index in [0.717, 1.165) is 36.4 Å². The van der Waals surface area contributed by atoms with E-state index in [1.807, 2.05) is 0 Å². The van der Waals surface area contributed by atoms with Gasteiger partial charge in [0.15, 0.2) is 6.10 Å². The molecule has 0 saturated carbocycles. The summed E-state index contributed by atoms with van der Waals surface area (Å²) < 4.78 is 93.4. The Labute approximate surface area is 199 Å². The van der Waals surface area contributed by atoms with Gasteiger partial charge in [-0.05, 0) is 36.4 Å². The number of benzene rings is 2. The normalized spacial score (nSPS) is 23.6. The highest BCUT2D eigenvalue weighted by atomic mass is 19.4. The number of hydrogen-bond donors (Lipinski definition) is 3. The Kier molecular flexibility index (Phi) is 7.00. The van der Waals surface area contributed by atoms with Crippen LogP contribution in [0.15, 0.2) is 48.5 Å². The van der Waals surface area contributed by atoms with Gasteiger partial charge in [-0.1, -0.05) is 12.1 Å². The lowest BCUT2D eigenvalue weighted by molar-refractivity contribution is -0.138. The summed E-state index contributed by atoms with van der Waals surface area (Å²) in [4.78, 5) is 24.5.